The Kier molecular flexibility index (Phi) is 6.54. The Hall–Kier alpha value is -1.53. The van der Waals surface area contributed by atoms with Crippen LogP contribution < -0.4 is 10.1 Å². The normalized spacial score (nSPS) is 13.6. The van der Waals surface area contributed by atoms with Gasteiger partial charge in [-0.15, -0.1) is 0 Å². The summed E-state index contributed by atoms with van der Waals surface area (Å²) in [6.07, 6.45) is 2.51. The second-order valence-electron chi connectivity index (χ2n) is 5.28. The first-order valence-corrected chi connectivity index (χ1v) is 7.43. The van der Waals surface area contributed by atoms with E-state index < -0.39 is 5.54 Å². The lowest BCUT2D eigenvalue weighted by Crippen LogP contribution is -2.43. The van der Waals surface area contributed by atoms with E-state index in [1.165, 1.54) is 11.1 Å². The average molecular weight is 274 g/mol. The number of hydrogen-bond donors (Lipinski definition) is 1. The summed E-state index contributed by atoms with van der Waals surface area (Å²) >= 11 is 0. The molecule has 0 radical (unpaired) electrons. The third-order valence-corrected chi connectivity index (χ3v) is 3.83. The molecule has 1 atom stereocenters. The predicted molar refractivity (Wildman–Crippen MR) is 83.0 cm³/mol. The highest BCUT2D eigenvalue weighted by atomic mass is 16.5. The Morgan fingerprint density at radius 1 is 1.25 bits per heavy atom. The van der Waals surface area contributed by atoms with Gasteiger partial charge in [-0.05, 0) is 62.9 Å². The van der Waals surface area contributed by atoms with Crippen molar-refractivity contribution in [3.63, 3.8) is 0 Å². The van der Waals surface area contributed by atoms with Crippen LogP contribution in [0.1, 0.15) is 44.2 Å². The molecule has 0 fully saturated rings. The second-order valence-corrected chi connectivity index (χ2v) is 5.28. The van der Waals surface area contributed by atoms with E-state index in [2.05, 4.69) is 44.3 Å². The van der Waals surface area contributed by atoms with Crippen molar-refractivity contribution in [3.05, 3.63) is 29.3 Å². The SMILES string of the molecule is CCNC(C#N)(CC)CCCOc1ccc(C)c(C)c1. The fourth-order valence-electron chi connectivity index (χ4n) is 2.27. The molecule has 0 saturated carbocycles. The van der Waals surface area contributed by atoms with Crippen LogP contribution in [0.15, 0.2) is 18.2 Å². The standard InChI is InChI=1S/C17H26N2O/c1-5-17(13-18,19-6-2)10-7-11-20-16-9-8-14(3)15(4)12-16/h8-9,12,19H,5-7,10-11H2,1-4H3. The highest BCUT2D eigenvalue weighted by molar-refractivity contribution is 5.33. The molecule has 3 nitrogen and oxygen atoms in total. The molecule has 0 amide bonds. The van der Waals surface area contributed by atoms with Gasteiger partial charge in [-0.1, -0.05) is 19.9 Å². The molecule has 0 spiro atoms. The first kappa shape index (κ1) is 16.5. The Labute approximate surface area is 123 Å². The zero-order chi connectivity index (χ0) is 15.0. The van der Waals surface area contributed by atoms with Crippen LogP contribution in [0.4, 0.5) is 0 Å². The summed E-state index contributed by atoms with van der Waals surface area (Å²) in [5.41, 5.74) is 2.12. The van der Waals surface area contributed by atoms with Crippen molar-refractivity contribution in [2.24, 2.45) is 0 Å². The molecular formula is C17H26N2O. The van der Waals surface area contributed by atoms with Gasteiger partial charge < -0.3 is 4.74 Å². The number of nitriles is 1. The zero-order valence-corrected chi connectivity index (χ0v) is 13.1. The number of benzene rings is 1. The van der Waals surface area contributed by atoms with E-state index in [4.69, 9.17) is 4.74 Å². The van der Waals surface area contributed by atoms with Gasteiger partial charge in [0.25, 0.3) is 0 Å². The predicted octanol–water partition coefficient (Wildman–Crippen LogP) is 3.74. The lowest BCUT2D eigenvalue weighted by Gasteiger charge is -2.26. The van der Waals surface area contributed by atoms with Gasteiger partial charge in [0.05, 0.1) is 12.7 Å². The van der Waals surface area contributed by atoms with Gasteiger partial charge in [0.2, 0.25) is 0 Å². The quantitative estimate of drug-likeness (QED) is 0.734. The molecule has 0 saturated heterocycles. The van der Waals surface area contributed by atoms with Crippen molar-refractivity contribution in [3.8, 4) is 11.8 Å². The van der Waals surface area contributed by atoms with Crippen LogP contribution in [0.25, 0.3) is 0 Å². The van der Waals surface area contributed by atoms with Crippen molar-refractivity contribution in [1.82, 2.24) is 5.32 Å². The molecule has 0 aliphatic rings. The number of nitrogens with zero attached hydrogens (tertiary/aromatic N) is 1. The lowest BCUT2D eigenvalue weighted by molar-refractivity contribution is 0.277. The fourth-order valence-corrected chi connectivity index (χ4v) is 2.27. The number of rotatable bonds is 8. The van der Waals surface area contributed by atoms with E-state index in [9.17, 15) is 5.26 Å². The molecular weight excluding hydrogens is 248 g/mol. The topological polar surface area (TPSA) is 45.0 Å². The third-order valence-electron chi connectivity index (χ3n) is 3.83. The van der Waals surface area contributed by atoms with E-state index in [0.29, 0.717) is 6.61 Å². The minimum atomic E-state index is -0.401. The highest BCUT2D eigenvalue weighted by Crippen LogP contribution is 2.19. The molecule has 110 valence electrons. The molecule has 3 heteroatoms. The van der Waals surface area contributed by atoms with Crippen LogP contribution in [0.3, 0.4) is 0 Å². The maximum Gasteiger partial charge on any atom is 0.119 e. The van der Waals surface area contributed by atoms with E-state index in [-0.39, 0.29) is 0 Å². The summed E-state index contributed by atoms with van der Waals surface area (Å²) in [5, 5.41) is 12.6. The van der Waals surface area contributed by atoms with Crippen LogP contribution in [0.5, 0.6) is 5.75 Å². The zero-order valence-electron chi connectivity index (χ0n) is 13.1. The first-order valence-electron chi connectivity index (χ1n) is 7.43. The van der Waals surface area contributed by atoms with E-state index in [1.54, 1.807) is 0 Å². The van der Waals surface area contributed by atoms with Gasteiger partial charge in [0.15, 0.2) is 0 Å². The minimum Gasteiger partial charge on any atom is -0.494 e. The monoisotopic (exact) mass is 274 g/mol. The third kappa shape index (κ3) is 4.54. The van der Waals surface area contributed by atoms with Crippen molar-refractivity contribution < 1.29 is 4.74 Å². The number of hydrogen-bond acceptors (Lipinski definition) is 3. The summed E-state index contributed by atoms with van der Waals surface area (Å²) < 4.78 is 5.77. The van der Waals surface area contributed by atoms with Crippen LogP contribution in [0, 0.1) is 25.2 Å². The maximum absolute atomic E-state index is 9.34. The van der Waals surface area contributed by atoms with Crippen molar-refractivity contribution >= 4 is 0 Å². The van der Waals surface area contributed by atoms with Crippen molar-refractivity contribution in [2.75, 3.05) is 13.2 Å². The molecule has 1 rings (SSSR count). The summed E-state index contributed by atoms with van der Waals surface area (Å²) in [6, 6.07) is 8.56. The number of aryl methyl sites for hydroxylation is 2. The molecule has 0 heterocycles. The molecule has 0 aliphatic carbocycles. The average Bonchev–Trinajstić information content (AvgIpc) is 2.46. The van der Waals surface area contributed by atoms with Crippen LogP contribution in [0.2, 0.25) is 0 Å². The Bertz CT molecular complexity index is 465. The molecule has 1 aromatic rings. The van der Waals surface area contributed by atoms with Crippen molar-refractivity contribution in [1.29, 1.82) is 5.26 Å². The Morgan fingerprint density at radius 3 is 2.55 bits per heavy atom. The second kappa shape index (κ2) is 7.91. The van der Waals surface area contributed by atoms with Gasteiger partial charge in [0.1, 0.15) is 11.3 Å². The summed E-state index contributed by atoms with van der Waals surface area (Å²) in [7, 11) is 0. The smallest absolute Gasteiger partial charge is 0.119 e. The van der Waals surface area contributed by atoms with Gasteiger partial charge in [-0.2, -0.15) is 5.26 Å². The molecule has 0 bridgehead atoms. The van der Waals surface area contributed by atoms with Gasteiger partial charge in [-0.25, -0.2) is 0 Å². The van der Waals surface area contributed by atoms with E-state index in [0.717, 1.165) is 31.6 Å². The fraction of sp³-hybridized carbons (Fsp3) is 0.588. The van der Waals surface area contributed by atoms with Gasteiger partial charge in [0, 0.05) is 0 Å². The minimum absolute atomic E-state index is 0.401. The molecule has 0 aromatic heterocycles. The van der Waals surface area contributed by atoms with E-state index >= 15 is 0 Å². The largest absolute Gasteiger partial charge is 0.494 e. The van der Waals surface area contributed by atoms with Crippen LogP contribution >= 0.6 is 0 Å². The molecule has 1 unspecified atom stereocenters. The summed E-state index contributed by atoms with van der Waals surface area (Å²) in [5.74, 6) is 0.913. The van der Waals surface area contributed by atoms with Crippen LogP contribution in [-0.4, -0.2) is 18.7 Å². The highest BCUT2D eigenvalue weighted by Gasteiger charge is 2.25. The van der Waals surface area contributed by atoms with Gasteiger partial charge >= 0.3 is 0 Å². The first-order chi connectivity index (χ1) is 9.56. The summed E-state index contributed by atoms with van der Waals surface area (Å²) in [4.78, 5) is 0. The van der Waals surface area contributed by atoms with Gasteiger partial charge in [-0.3, -0.25) is 5.32 Å². The van der Waals surface area contributed by atoms with E-state index in [1.807, 2.05) is 13.0 Å². The molecule has 20 heavy (non-hydrogen) atoms. The maximum atomic E-state index is 9.34. The lowest BCUT2D eigenvalue weighted by atomic mass is 9.92. The molecule has 1 aromatic carbocycles. The molecule has 0 aliphatic heterocycles. The number of nitrogens with one attached hydrogen (secondary N) is 1. The molecule has 1 N–H and O–H groups in total. The van der Waals surface area contributed by atoms with Crippen LogP contribution in [-0.2, 0) is 0 Å². The Balaban J connectivity index is 2.44. The summed E-state index contributed by atoms with van der Waals surface area (Å²) in [6.45, 7) is 9.74. The van der Waals surface area contributed by atoms with Crippen molar-refractivity contribution in [2.45, 2.75) is 52.5 Å². The number of ether oxygens (including phenoxy) is 1. The Morgan fingerprint density at radius 2 is 2.00 bits per heavy atom.